The molecule has 0 bridgehead atoms. The van der Waals surface area contributed by atoms with Gasteiger partial charge in [0.1, 0.15) is 0 Å². The number of hydrogen-bond donors (Lipinski definition) is 1. The normalized spacial score (nSPS) is 10.5. The molecule has 0 aliphatic carbocycles. The molecule has 0 saturated heterocycles. The standard InChI is InChI=1S/C20H23NO5/c1-6-25-20(24)17-13(4)18(21-14(17)5)16(22)10-26-19(23)15-8-7-11(2)12(3)9-15/h7-9,21H,6,10H2,1-5H3. The van der Waals surface area contributed by atoms with Crippen LogP contribution in [0.2, 0.25) is 0 Å². The summed E-state index contributed by atoms with van der Waals surface area (Å²) in [6.45, 7) is 8.76. The zero-order valence-corrected chi connectivity index (χ0v) is 15.7. The van der Waals surface area contributed by atoms with E-state index in [0.717, 1.165) is 11.1 Å². The van der Waals surface area contributed by atoms with E-state index in [9.17, 15) is 14.4 Å². The van der Waals surface area contributed by atoms with E-state index in [0.29, 0.717) is 22.4 Å². The first kappa shape index (κ1) is 19.4. The number of aromatic nitrogens is 1. The number of esters is 2. The van der Waals surface area contributed by atoms with Crippen molar-refractivity contribution in [3.63, 3.8) is 0 Å². The predicted molar refractivity (Wildman–Crippen MR) is 96.8 cm³/mol. The van der Waals surface area contributed by atoms with E-state index in [2.05, 4.69) is 4.98 Å². The van der Waals surface area contributed by atoms with E-state index in [-0.39, 0.29) is 12.3 Å². The summed E-state index contributed by atoms with van der Waals surface area (Å²) in [5.41, 5.74) is 4.07. The molecule has 1 aromatic heterocycles. The summed E-state index contributed by atoms with van der Waals surface area (Å²) in [7, 11) is 0. The first-order valence-electron chi connectivity index (χ1n) is 8.40. The second-order valence-electron chi connectivity index (χ2n) is 6.14. The van der Waals surface area contributed by atoms with Gasteiger partial charge in [-0.05, 0) is 63.4 Å². The summed E-state index contributed by atoms with van der Waals surface area (Å²) in [6.07, 6.45) is 0. The molecule has 1 N–H and O–H groups in total. The summed E-state index contributed by atoms with van der Waals surface area (Å²) < 4.78 is 10.1. The molecule has 6 nitrogen and oxygen atoms in total. The fourth-order valence-corrected chi connectivity index (χ4v) is 2.69. The minimum absolute atomic E-state index is 0.249. The lowest BCUT2D eigenvalue weighted by atomic mass is 10.1. The maximum Gasteiger partial charge on any atom is 0.340 e. The molecule has 0 unspecified atom stereocenters. The molecular weight excluding hydrogens is 334 g/mol. The van der Waals surface area contributed by atoms with Gasteiger partial charge in [0, 0.05) is 5.69 Å². The number of ketones is 1. The van der Waals surface area contributed by atoms with Gasteiger partial charge in [-0.1, -0.05) is 6.07 Å². The number of H-pyrrole nitrogens is 1. The molecule has 0 spiro atoms. The van der Waals surface area contributed by atoms with Gasteiger partial charge in [0.15, 0.2) is 6.61 Å². The van der Waals surface area contributed by atoms with Crippen molar-refractivity contribution in [3.8, 4) is 0 Å². The van der Waals surface area contributed by atoms with E-state index < -0.39 is 24.3 Å². The molecule has 1 heterocycles. The van der Waals surface area contributed by atoms with Crippen LogP contribution < -0.4 is 0 Å². The van der Waals surface area contributed by atoms with Crippen molar-refractivity contribution in [1.29, 1.82) is 0 Å². The lowest BCUT2D eigenvalue weighted by molar-refractivity contribution is 0.0472. The minimum atomic E-state index is -0.562. The molecule has 6 heteroatoms. The Bertz CT molecular complexity index is 863. The molecule has 0 amide bonds. The zero-order valence-electron chi connectivity index (χ0n) is 15.7. The topological polar surface area (TPSA) is 85.5 Å². The molecule has 138 valence electrons. The van der Waals surface area contributed by atoms with Crippen molar-refractivity contribution in [2.24, 2.45) is 0 Å². The first-order valence-corrected chi connectivity index (χ1v) is 8.40. The van der Waals surface area contributed by atoms with Crippen LogP contribution in [0, 0.1) is 27.7 Å². The number of ether oxygens (including phenoxy) is 2. The second kappa shape index (κ2) is 7.99. The quantitative estimate of drug-likeness (QED) is 0.632. The molecule has 0 atom stereocenters. The van der Waals surface area contributed by atoms with Crippen molar-refractivity contribution >= 4 is 17.7 Å². The molecule has 0 saturated carbocycles. The van der Waals surface area contributed by atoms with Crippen molar-refractivity contribution < 1.29 is 23.9 Å². The Labute approximate surface area is 152 Å². The number of rotatable bonds is 6. The van der Waals surface area contributed by atoms with Crippen LogP contribution in [0.4, 0.5) is 0 Å². The Balaban J connectivity index is 2.10. The predicted octanol–water partition coefficient (Wildman–Crippen LogP) is 3.46. The average Bonchev–Trinajstić information content (AvgIpc) is 2.89. The highest BCUT2D eigenvalue weighted by Gasteiger charge is 2.23. The van der Waals surface area contributed by atoms with Crippen LogP contribution in [0.15, 0.2) is 18.2 Å². The number of aromatic amines is 1. The van der Waals surface area contributed by atoms with Gasteiger partial charge >= 0.3 is 11.9 Å². The average molecular weight is 357 g/mol. The number of Topliss-reactive ketones (excluding diaryl/α,β-unsaturated/α-hetero) is 1. The monoisotopic (exact) mass is 357 g/mol. The lowest BCUT2D eigenvalue weighted by Gasteiger charge is -2.06. The molecule has 26 heavy (non-hydrogen) atoms. The van der Waals surface area contributed by atoms with Gasteiger partial charge in [-0.25, -0.2) is 9.59 Å². The van der Waals surface area contributed by atoms with E-state index >= 15 is 0 Å². The summed E-state index contributed by atoms with van der Waals surface area (Å²) in [5, 5.41) is 0. The molecule has 0 radical (unpaired) electrons. The van der Waals surface area contributed by atoms with Crippen molar-refractivity contribution in [2.45, 2.75) is 34.6 Å². The van der Waals surface area contributed by atoms with Crippen LogP contribution in [0.1, 0.15) is 60.5 Å². The Morgan fingerprint density at radius 3 is 2.27 bits per heavy atom. The van der Waals surface area contributed by atoms with Crippen LogP contribution in [0.25, 0.3) is 0 Å². The number of hydrogen-bond acceptors (Lipinski definition) is 5. The number of benzene rings is 1. The molecule has 2 aromatic rings. The number of aryl methyl sites for hydroxylation is 3. The van der Waals surface area contributed by atoms with Crippen molar-refractivity contribution in [3.05, 3.63) is 57.4 Å². The molecule has 0 aliphatic heterocycles. The maximum atomic E-state index is 12.4. The van der Waals surface area contributed by atoms with Crippen LogP contribution in [-0.4, -0.2) is 35.9 Å². The van der Waals surface area contributed by atoms with E-state index in [1.165, 1.54) is 0 Å². The number of carbonyl (C=O) groups excluding carboxylic acids is 3. The fraction of sp³-hybridized carbons (Fsp3) is 0.350. The first-order chi connectivity index (χ1) is 12.3. The van der Waals surface area contributed by atoms with Crippen LogP contribution in [0.3, 0.4) is 0 Å². The maximum absolute atomic E-state index is 12.4. The van der Waals surface area contributed by atoms with Gasteiger partial charge in [-0.2, -0.15) is 0 Å². The fourth-order valence-electron chi connectivity index (χ4n) is 2.69. The summed E-state index contributed by atoms with van der Waals surface area (Å²) in [6, 6.07) is 5.22. The smallest absolute Gasteiger partial charge is 0.340 e. The largest absolute Gasteiger partial charge is 0.462 e. The summed E-state index contributed by atoms with van der Waals surface area (Å²) in [5.74, 6) is -1.45. The third-order valence-electron chi connectivity index (χ3n) is 4.27. The number of nitrogens with one attached hydrogen (secondary N) is 1. The molecular formula is C20H23NO5. The highest BCUT2D eigenvalue weighted by atomic mass is 16.5. The van der Waals surface area contributed by atoms with Crippen molar-refractivity contribution in [1.82, 2.24) is 4.98 Å². The molecule has 1 aromatic carbocycles. The van der Waals surface area contributed by atoms with Crippen LogP contribution in [-0.2, 0) is 9.47 Å². The SMILES string of the molecule is CCOC(=O)c1c(C)[nH]c(C(=O)COC(=O)c2ccc(C)c(C)c2)c1C. The molecule has 0 fully saturated rings. The third kappa shape index (κ3) is 4.02. The summed E-state index contributed by atoms with van der Waals surface area (Å²) in [4.78, 5) is 39.4. The molecule has 0 aliphatic rings. The summed E-state index contributed by atoms with van der Waals surface area (Å²) >= 11 is 0. The lowest BCUT2D eigenvalue weighted by Crippen LogP contribution is -2.16. The van der Waals surface area contributed by atoms with Gasteiger partial charge in [0.25, 0.3) is 0 Å². The Morgan fingerprint density at radius 2 is 1.65 bits per heavy atom. The van der Waals surface area contributed by atoms with Gasteiger partial charge in [0.2, 0.25) is 5.78 Å². The second-order valence-corrected chi connectivity index (χ2v) is 6.14. The van der Waals surface area contributed by atoms with E-state index in [1.54, 1.807) is 32.9 Å². The van der Waals surface area contributed by atoms with E-state index in [4.69, 9.17) is 9.47 Å². The third-order valence-corrected chi connectivity index (χ3v) is 4.27. The van der Waals surface area contributed by atoms with Gasteiger partial charge in [-0.3, -0.25) is 4.79 Å². The molecule has 2 rings (SSSR count). The Morgan fingerprint density at radius 1 is 0.962 bits per heavy atom. The van der Waals surface area contributed by atoms with Crippen molar-refractivity contribution in [2.75, 3.05) is 13.2 Å². The highest BCUT2D eigenvalue weighted by molar-refractivity contribution is 6.03. The minimum Gasteiger partial charge on any atom is -0.462 e. The van der Waals surface area contributed by atoms with Gasteiger partial charge in [-0.15, -0.1) is 0 Å². The van der Waals surface area contributed by atoms with Gasteiger partial charge < -0.3 is 14.5 Å². The van der Waals surface area contributed by atoms with Crippen LogP contribution >= 0.6 is 0 Å². The Hall–Kier alpha value is -2.89. The van der Waals surface area contributed by atoms with Gasteiger partial charge in [0.05, 0.1) is 23.4 Å². The Kier molecular flexibility index (Phi) is 5.97. The zero-order chi connectivity index (χ0) is 19.4. The highest BCUT2D eigenvalue weighted by Crippen LogP contribution is 2.20. The van der Waals surface area contributed by atoms with Crippen LogP contribution in [0.5, 0.6) is 0 Å². The number of carbonyl (C=O) groups is 3. The van der Waals surface area contributed by atoms with E-state index in [1.807, 2.05) is 19.9 Å².